The van der Waals surface area contributed by atoms with Gasteiger partial charge in [0.25, 0.3) is 0 Å². The summed E-state index contributed by atoms with van der Waals surface area (Å²) in [4.78, 5) is 16.9. The summed E-state index contributed by atoms with van der Waals surface area (Å²) in [5.41, 5.74) is 5.50. The first-order chi connectivity index (χ1) is 14.6. The summed E-state index contributed by atoms with van der Waals surface area (Å²) in [5, 5.41) is 12.7. The molecule has 1 saturated heterocycles. The van der Waals surface area contributed by atoms with Gasteiger partial charge in [0.2, 0.25) is 0 Å². The van der Waals surface area contributed by atoms with Gasteiger partial charge in [0.1, 0.15) is 36.4 Å². The van der Waals surface area contributed by atoms with Crippen molar-refractivity contribution >= 4 is 11.5 Å². The standard InChI is InChI=1S/C19H24N4O7/c1-26-15-13(9-24)30-18(16(15)27-2)23-8-12-17(22-19(23)25)21-14-10(28-7-6-20)4-3-5-11(14)29-12/h3-5,8,13,15-16,18,24H,6-7,9,20H2,1-2H3,(H,21,22,25)/t13-,15+,16?,18-/m1/s1. The molecule has 3 heterocycles. The maximum absolute atomic E-state index is 12.8. The molecule has 1 aromatic heterocycles. The summed E-state index contributed by atoms with van der Waals surface area (Å²) >= 11 is 0. The molecule has 0 saturated carbocycles. The zero-order valence-electron chi connectivity index (χ0n) is 16.6. The van der Waals surface area contributed by atoms with Crippen LogP contribution in [-0.2, 0) is 14.2 Å². The van der Waals surface area contributed by atoms with E-state index in [-0.39, 0.29) is 12.4 Å². The van der Waals surface area contributed by atoms with Crippen molar-refractivity contribution in [1.82, 2.24) is 9.55 Å². The average Bonchev–Trinajstić information content (AvgIpc) is 3.13. The van der Waals surface area contributed by atoms with Gasteiger partial charge in [0.15, 0.2) is 23.5 Å². The minimum Gasteiger partial charge on any atom is -0.490 e. The Kier molecular flexibility index (Phi) is 5.88. The van der Waals surface area contributed by atoms with E-state index in [9.17, 15) is 9.90 Å². The van der Waals surface area contributed by atoms with Crippen LogP contribution in [0.3, 0.4) is 0 Å². The lowest BCUT2D eigenvalue weighted by molar-refractivity contribution is -0.0626. The normalized spacial score (nSPS) is 24.5. The van der Waals surface area contributed by atoms with Crippen LogP contribution in [0.4, 0.5) is 11.5 Å². The van der Waals surface area contributed by atoms with E-state index in [1.807, 2.05) is 0 Å². The molecule has 2 aliphatic heterocycles. The van der Waals surface area contributed by atoms with Crippen molar-refractivity contribution in [2.45, 2.75) is 24.5 Å². The second kappa shape index (κ2) is 8.58. The number of rotatable bonds is 7. The molecule has 4 N–H and O–H groups in total. The number of aromatic nitrogens is 2. The van der Waals surface area contributed by atoms with Crippen molar-refractivity contribution in [3.05, 3.63) is 34.9 Å². The molecule has 11 heteroatoms. The topological polar surface area (TPSA) is 139 Å². The maximum atomic E-state index is 12.8. The number of aliphatic hydroxyl groups is 1. The third kappa shape index (κ3) is 3.50. The monoisotopic (exact) mass is 420 g/mol. The van der Waals surface area contributed by atoms with Crippen molar-refractivity contribution in [2.75, 3.05) is 39.3 Å². The van der Waals surface area contributed by atoms with Gasteiger partial charge in [-0.3, -0.25) is 4.57 Å². The Balaban J connectivity index is 1.67. The Morgan fingerprint density at radius 1 is 1.27 bits per heavy atom. The van der Waals surface area contributed by atoms with E-state index in [0.29, 0.717) is 36.1 Å². The van der Waals surface area contributed by atoms with Gasteiger partial charge in [-0.1, -0.05) is 6.07 Å². The Hall–Kier alpha value is -2.70. The molecular formula is C19H24N4O7. The first-order valence-electron chi connectivity index (χ1n) is 9.47. The second-order valence-corrected chi connectivity index (χ2v) is 6.79. The molecular weight excluding hydrogens is 396 g/mol. The maximum Gasteiger partial charge on any atom is 0.351 e. The van der Waals surface area contributed by atoms with Gasteiger partial charge in [0, 0.05) is 20.8 Å². The number of anilines is 2. The van der Waals surface area contributed by atoms with Crippen LogP contribution in [0.2, 0.25) is 0 Å². The quantitative estimate of drug-likeness (QED) is 0.490. The molecule has 2 aliphatic rings. The van der Waals surface area contributed by atoms with E-state index in [4.69, 9.17) is 29.4 Å². The van der Waals surface area contributed by atoms with E-state index in [0.717, 1.165) is 0 Å². The average molecular weight is 420 g/mol. The van der Waals surface area contributed by atoms with Crippen LogP contribution in [0.1, 0.15) is 6.23 Å². The van der Waals surface area contributed by atoms with Crippen molar-refractivity contribution in [3.8, 4) is 17.2 Å². The third-order valence-corrected chi connectivity index (χ3v) is 5.03. The third-order valence-electron chi connectivity index (χ3n) is 5.03. The molecule has 1 aromatic carbocycles. The largest absolute Gasteiger partial charge is 0.490 e. The molecule has 2 aromatic rings. The zero-order chi connectivity index (χ0) is 21.3. The predicted octanol–water partition coefficient (Wildman–Crippen LogP) is 0.350. The Bertz CT molecular complexity index is 966. The van der Waals surface area contributed by atoms with Gasteiger partial charge >= 0.3 is 5.69 Å². The summed E-state index contributed by atoms with van der Waals surface area (Å²) in [7, 11) is 2.98. The minimum absolute atomic E-state index is 0.251. The van der Waals surface area contributed by atoms with Crippen molar-refractivity contribution < 1.29 is 28.8 Å². The number of nitrogens with one attached hydrogen (secondary N) is 1. The van der Waals surface area contributed by atoms with Crippen LogP contribution in [-0.4, -0.2) is 66.9 Å². The molecule has 1 unspecified atom stereocenters. The van der Waals surface area contributed by atoms with Crippen LogP contribution in [0.5, 0.6) is 17.2 Å². The smallest absolute Gasteiger partial charge is 0.351 e. The van der Waals surface area contributed by atoms with E-state index >= 15 is 0 Å². The molecule has 4 rings (SSSR count). The van der Waals surface area contributed by atoms with Gasteiger partial charge in [0.05, 0.1) is 12.8 Å². The fourth-order valence-electron chi connectivity index (χ4n) is 3.66. The molecule has 0 spiro atoms. The van der Waals surface area contributed by atoms with Crippen LogP contribution >= 0.6 is 0 Å². The number of methoxy groups -OCH3 is 2. The SMILES string of the molecule is COC1[C@@H](OC)[C@@H](CO)O[C@H]1n1cc2c(nc1=O)Nc1c(OCCN)cccc1O2. The predicted molar refractivity (Wildman–Crippen MR) is 105 cm³/mol. The van der Waals surface area contributed by atoms with Crippen molar-refractivity contribution in [1.29, 1.82) is 0 Å². The highest BCUT2D eigenvalue weighted by Gasteiger charge is 2.46. The highest BCUT2D eigenvalue weighted by molar-refractivity contribution is 5.77. The second-order valence-electron chi connectivity index (χ2n) is 6.79. The highest BCUT2D eigenvalue weighted by Crippen LogP contribution is 2.45. The molecule has 30 heavy (non-hydrogen) atoms. The van der Waals surface area contributed by atoms with Crippen LogP contribution in [0, 0.1) is 0 Å². The van der Waals surface area contributed by atoms with Crippen LogP contribution in [0.25, 0.3) is 0 Å². The Morgan fingerprint density at radius 3 is 2.77 bits per heavy atom. The van der Waals surface area contributed by atoms with Crippen LogP contribution < -0.4 is 26.2 Å². The molecule has 0 amide bonds. The van der Waals surface area contributed by atoms with Gasteiger partial charge in [-0.25, -0.2) is 4.79 Å². The molecule has 0 aliphatic carbocycles. The lowest BCUT2D eigenvalue weighted by atomic mass is 10.1. The molecule has 1 fully saturated rings. The van der Waals surface area contributed by atoms with Crippen LogP contribution in [0.15, 0.2) is 29.2 Å². The van der Waals surface area contributed by atoms with Gasteiger partial charge in [-0.15, -0.1) is 0 Å². The van der Waals surface area contributed by atoms with E-state index in [2.05, 4.69) is 10.3 Å². The first-order valence-corrected chi connectivity index (χ1v) is 9.47. The van der Waals surface area contributed by atoms with E-state index < -0.39 is 30.2 Å². The number of ether oxygens (including phenoxy) is 5. The summed E-state index contributed by atoms with van der Waals surface area (Å²) < 4.78 is 29.6. The number of aliphatic hydroxyl groups excluding tert-OH is 1. The molecule has 11 nitrogen and oxygen atoms in total. The fraction of sp³-hybridized carbons (Fsp3) is 0.474. The summed E-state index contributed by atoms with van der Waals surface area (Å²) in [5.74, 6) is 1.64. The number of benzene rings is 1. The first kappa shape index (κ1) is 20.6. The fourth-order valence-corrected chi connectivity index (χ4v) is 3.66. The molecule has 0 bridgehead atoms. The lowest BCUT2D eigenvalue weighted by Gasteiger charge is -2.25. The summed E-state index contributed by atoms with van der Waals surface area (Å²) in [6.45, 7) is 0.423. The minimum atomic E-state index is -0.841. The molecule has 0 radical (unpaired) electrons. The lowest BCUT2D eigenvalue weighted by Crippen LogP contribution is -2.38. The molecule has 4 atom stereocenters. The van der Waals surface area contributed by atoms with E-state index in [1.165, 1.54) is 25.0 Å². The molecule has 162 valence electrons. The Morgan fingerprint density at radius 2 is 2.07 bits per heavy atom. The summed E-state index contributed by atoms with van der Waals surface area (Å²) in [6, 6.07) is 5.33. The number of para-hydroxylation sites is 1. The van der Waals surface area contributed by atoms with Gasteiger partial charge < -0.3 is 39.8 Å². The van der Waals surface area contributed by atoms with E-state index in [1.54, 1.807) is 18.2 Å². The van der Waals surface area contributed by atoms with Crippen molar-refractivity contribution in [2.24, 2.45) is 5.73 Å². The number of hydrogen-bond donors (Lipinski definition) is 3. The number of hydrogen-bond acceptors (Lipinski definition) is 10. The number of fused-ring (bicyclic) bond motifs is 2. The summed E-state index contributed by atoms with van der Waals surface area (Å²) in [6.07, 6.45) is -1.15. The van der Waals surface area contributed by atoms with Gasteiger partial charge in [-0.2, -0.15) is 4.98 Å². The zero-order valence-corrected chi connectivity index (χ0v) is 16.6. The van der Waals surface area contributed by atoms with Crippen molar-refractivity contribution in [3.63, 3.8) is 0 Å². The Labute approximate surface area is 172 Å². The number of nitrogens with zero attached hydrogens (tertiary/aromatic N) is 2. The highest BCUT2D eigenvalue weighted by atomic mass is 16.6. The van der Waals surface area contributed by atoms with Gasteiger partial charge in [-0.05, 0) is 12.1 Å². The number of nitrogens with two attached hydrogens (primary N) is 1.